The third-order valence-electron chi connectivity index (χ3n) is 4.53. The molecule has 0 atom stereocenters. The van der Waals surface area contributed by atoms with Crippen molar-refractivity contribution in [3.8, 4) is 17.6 Å². The summed E-state index contributed by atoms with van der Waals surface area (Å²) in [7, 11) is 1.58. The van der Waals surface area contributed by atoms with Crippen LogP contribution in [0.15, 0.2) is 79.4 Å². The average Bonchev–Trinajstić information content (AvgIpc) is 2.77. The van der Waals surface area contributed by atoms with Crippen LogP contribution in [0, 0.1) is 17.1 Å². The molecule has 0 N–H and O–H groups in total. The Morgan fingerprint density at radius 3 is 2.57 bits per heavy atom. The van der Waals surface area contributed by atoms with Crippen LogP contribution in [0.5, 0.6) is 11.5 Å². The summed E-state index contributed by atoms with van der Waals surface area (Å²) in [6.07, 6.45) is 4.07. The van der Waals surface area contributed by atoms with Crippen LogP contribution < -0.4 is 9.47 Å². The summed E-state index contributed by atoms with van der Waals surface area (Å²) in [6.45, 7) is 4.24. The molecule has 0 saturated heterocycles. The second kappa shape index (κ2) is 10.1. The van der Waals surface area contributed by atoms with Crippen LogP contribution in [0.3, 0.4) is 0 Å². The Morgan fingerprint density at radius 2 is 1.90 bits per heavy atom. The number of nitrogens with zero attached hydrogens (tertiary/aromatic N) is 1. The van der Waals surface area contributed by atoms with Gasteiger partial charge in [0.1, 0.15) is 12.4 Å². The van der Waals surface area contributed by atoms with E-state index in [4.69, 9.17) is 9.47 Å². The van der Waals surface area contributed by atoms with E-state index in [-0.39, 0.29) is 5.82 Å². The van der Waals surface area contributed by atoms with Gasteiger partial charge in [-0.3, -0.25) is 0 Å². The van der Waals surface area contributed by atoms with E-state index in [1.54, 1.807) is 31.4 Å². The molecule has 4 heteroatoms. The third kappa shape index (κ3) is 5.15. The standard InChI is InChI=1S/C26H22FNO2/c1-3-8-22-13-20(14-23(17-28)21-11-7-12-24(27)16-21)15-25(29-2)26(22)30-18-19-9-5-4-6-10-19/h3-7,9-16H,1,8,18H2,2H3/b23-14-. The van der Waals surface area contributed by atoms with Crippen LogP contribution in [-0.4, -0.2) is 7.11 Å². The molecule has 0 heterocycles. The van der Waals surface area contributed by atoms with Crippen LogP contribution in [0.2, 0.25) is 0 Å². The molecule has 150 valence electrons. The molecule has 0 aliphatic heterocycles. The Balaban J connectivity index is 1.99. The molecule has 0 unspecified atom stereocenters. The normalized spacial score (nSPS) is 10.9. The highest BCUT2D eigenvalue weighted by Gasteiger charge is 2.13. The van der Waals surface area contributed by atoms with Crippen molar-refractivity contribution in [2.24, 2.45) is 0 Å². The zero-order valence-corrected chi connectivity index (χ0v) is 16.8. The van der Waals surface area contributed by atoms with E-state index in [0.717, 1.165) is 16.7 Å². The zero-order valence-electron chi connectivity index (χ0n) is 16.8. The number of nitriles is 1. The Bertz CT molecular complexity index is 1100. The van der Waals surface area contributed by atoms with E-state index in [1.165, 1.54) is 12.1 Å². The van der Waals surface area contributed by atoms with Crippen molar-refractivity contribution in [1.82, 2.24) is 0 Å². The monoisotopic (exact) mass is 399 g/mol. The number of methoxy groups -OCH3 is 1. The van der Waals surface area contributed by atoms with E-state index in [9.17, 15) is 9.65 Å². The number of rotatable bonds is 8. The Kier molecular flexibility index (Phi) is 7.02. The highest BCUT2D eigenvalue weighted by Crippen LogP contribution is 2.35. The van der Waals surface area contributed by atoms with E-state index < -0.39 is 0 Å². The minimum absolute atomic E-state index is 0.360. The van der Waals surface area contributed by atoms with Crippen LogP contribution in [0.4, 0.5) is 4.39 Å². The summed E-state index contributed by atoms with van der Waals surface area (Å²) < 4.78 is 25.2. The summed E-state index contributed by atoms with van der Waals surface area (Å²) >= 11 is 0. The molecule has 0 aliphatic carbocycles. The summed E-state index contributed by atoms with van der Waals surface area (Å²) in [5.74, 6) is 0.818. The van der Waals surface area contributed by atoms with E-state index in [0.29, 0.717) is 35.7 Å². The molecule has 3 nitrogen and oxygen atoms in total. The lowest BCUT2D eigenvalue weighted by Crippen LogP contribution is -2.01. The van der Waals surface area contributed by atoms with E-state index in [1.807, 2.05) is 42.5 Å². The van der Waals surface area contributed by atoms with Crippen LogP contribution in [-0.2, 0) is 13.0 Å². The Hall–Kier alpha value is -3.84. The molecule has 0 aromatic heterocycles. The highest BCUT2D eigenvalue weighted by molar-refractivity contribution is 5.90. The first kappa shape index (κ1) is 20.9. The fraction of sp³-hybridized carbons (Fsp3) is 0.115. The molecule has 3 aromatic carbocycles. The minimum Gasteiger partial charge on any atom is -0.493 e. The smallest absolute Gasteiger partial charge is 0.165 e. The highest BCUT2D eigenvalue weighted by atomic mass is 19.1. The van der Waals surface area contributed by atoms with Crippen molar-refractivity contribution in [3.63, 3.8) is 0 Å². The first-order valence-electron chi connectivity index (χ1n) is 9.51. The molecule has 3 rings (SSSR count). The van der Waals surface area contributed by atoms with Crippen LogP contribution in [0.25, 0.3) is 11.6 Å². The van der Waals surface area contributed by atoms with Crippen LogP contribution in [0.1, 0.15) is 22.3 Å². The predicted molar refractivity (Wildman–Crippen MR) is 118 cm³/mol. The van der Waals surface area contributed by atoms with Crippen molar-refractivity contribution in [2.45, 2.75) is 13.0 Å². The second-order valence-electron chi connectivity index (χ2n) is 6.66. The van der Waals surface area contributed by atoms with Gasteiger partial charge in [0.05, 0.1) is 18.8 Å². The number of ether oxygens (including phenoxy) is 2. The molecule has 0 aliphatic rings. The number of hydrogen-bond acceptors (Lipinski definition) is 3. The molecular formula is C26H22FNO2. The maximum Gasteiger partial charge on any atom is 0.165 e. The van der Waals surface area contributed by atoms with Gasteiger partial charge in [-0.25, -0.2) is 4.39 Å². The van der Waals surface area contributed by atoms with Crippen molar-refractivity contribution < 1.29 is 13.9 Å². The topological polar surface area (TPSA) is 42.2 Å². The fourth-order valence-corrected chi connectivity index (χ4v) is 3.12. The molecule has 30 heavy (non-hydrogen) atoms. The summed E-state index contributed by atoms with van der Waals surface area (Å²) in [4.78, 5) is 0. The van der Waals surface area contributed by atoms with Crippen molar-refractivity contribution >= 4 is 11.6 Å². The van der Waals surface area contributed by atoms with Crippen LogP contribution >= 0.6 is 0 Å². The summed E-state index contributed by atoms with van der Waals surface area (Å²) in [6, 6.07) is 21.7. The molecule has 0 spiro atoms. The number of hydrogen-bond donors (Lipinski definition) is 0. The van der Waals surface area contributed by atoms with Crippen molar-refractivity contribution in [2.75, 3.05) is 7.11 Å². The quantitative estimate of drug-likeness (QED) is 0.257. The van der Waals surface area contributed by atoms with Gasteiger partial charge < -0.3 is 9.47 Å². The predicted octanol–water partition coefficient (Wildman–Crippen LogP) is 6.21. The third-order valence-corrected chi connectivity index (χ3v) is 4.53. The summed E-state index contributed by atoms with van der Waals surface area (Å²) in [5.41, 5.74) is 3.58. The average molecular weight is 399 g/mol. The van der Waals surface area contributed by atoms with Gasteiger partial charge in [0.2, 0.25) is 0 Å². The van der Waals surface area contributed by atoms with E-state index >= 15 is 0 Å². The fourth-order valence-electron chi connectivity index (χ4n) is 3.12. The van der Waals surface area contributed by atoms with Gasteiger partial charge >= 0.3 is 0 Å². The lowest BCUT2D eigenvalue weighted by Gasteiger charge is -2.16. The number of halogens is 1. The Morgan fingerprint density at radius 1 is 1.10 bits per heavy atom. The summed E-state index contributed by atoms with van der Waals surface area (Å²) in [5, 5.41) is 9.58. The molecule has 0 bridgehead atoms. The number of allylic oxidation sites excluding steroid dienone is 2. The number of benzene rings is 3. The largest absolute Gasteiger partial charge is 0.493 e. The Labute approximate surface area is 176 Å². The first-order chi connectivity index (χ1) is 14.6. The first-order valence-corrected chi connectivity index (χ1v) is 9.51. The molecule has 0 radical (unpaired) electrons. The minimum atomic E-state index is -0.386. The molecule has 0 fully saturated rings. The van der Waals surface area contributed by atoms with Gasteiger partial charge in [-0.1, -0.05) is 48.5 Å². The molecular weight excluding hydrogens is 377 g/mol. The maximum absolute atomic E-state index is 13.6. The van der Waals surface area contributed by atoms with Gasteiger partial charge in [0, 0.05) is 5.56 Å². The van der Waals surface area contributed by atoms with Gasteiger partial charge in [0.15, 0.2) is 11.5 Å². The van der Waals surface area contributed by atoms with Gasteiger partial charge in [0.25, 0.3) is 0 Å². The zero-order chi connectivity index (χ0) is 21.3. The SMILES string of the molecule is C=CCc1cc(/C=C(/C#N)c2cccc(F)c2)cc(OC)c1OCc1ccccc1. The van der Waals surface area contributed by atoms with Crippen molar-refractivity contribution in [1.29, 1.82) is 5.26 Å². The lowest BCUT2D eigenvalue weighted by molar-refractivity contribution is 0.282. The molecule has 0 amide bonds. The van der Waals surface area contributed by atoms with Gasteiger partial charge in [-0.2, -0.15) is 5.26 Å². The van der Waals surface area contributed by atoms with E-state index in [2.05, 4.69) is 12.6 Å². The van der Waals surface area contributed by atoms with Gasteiger partial charge in [-0.05, 0) is 53.5 Å². The maximum atomic E-state index is 13.6. The molecule has 3 aromatic rings. The molecule has 0 saturated carbocycles. The van der Waals surface area contributed by atoms with Gasteiger partial charge in [-0.15, -0.1) is 6.58 Å². The lowest BCUT2D eigenvalue weighted by atomic mass is 10.0. The second-order valence-corrected chi connectivity index (χ2v) is 6.66. The van der Waals surface area contributed by atoms with Crippen molar-refractivity contribution in [3.05, 3.63) is 107 Å².